The molecule has 0 atom stereocenters. The van der Waals surface area contributed by atoms with Crippen LogP contribution in [0.3, 0.4) is 0 Å². The minimum atomic E-state index is 0.0346. The van der Waals surface area contributed by atoms with Crippen molar-refractivity contribution >= 4 is 38.1 Å². The number of methoxy groups -OCH3 is 1. The molecule has 7 heteroatoms. The summed E-state index contributed by atoms with van der Waals surface area (Å²) in [6.07, 6.45) is 2.76. The number of piperazine rings is 1. The van der Waals surface area contributed by atoms with E-state index in [2.05, 4.69) is 32.3 Å². The van der Waals surface area contributed by atoms with E-state index >= 15 is 0 Å². The summed E-state index contributed by atoms with van der Waals surface area (Å²) in [5.41, 5.74) is 2.07. The predicted octanol–water partition coefficient (Wildman–Crippen LogP) is 3.52. The maximum Gasteiger partial charge on any atom is 0.251 e. The molecule has 5 rings (SSSR count). The van der Waals surface area contributed by atoms with Gasteiger partial charge in [0.15, 0.2) is 0 Å². The Hall–Kier alpha value is -2.90. The first-order valence-electron chi connectivity index (χ1n) is 10.6. The van der Waals surface area contributed by atoms with E-state index < -0.39 is 0 Å². The van der Waals surface area contributed by atoms with E-state index in [1.165, 1.54) is 10.1 Å². The van der Waals surface area contributed by atoms with Crippen molar-refractivity contribution in [3.8, 4) is 5.75 Å². The molecule has 0 radical (unpaired) electrons. The minimum Gasteiger partial charge on any atom is -0.497 e. The smallest absolute Gasteiger partial charge is 0.251 e. The minimum absolute atomic E-state index is 0.0346. The number of fused-ring (bicyclic) bond motifs is 2. The maximum atomic E-state index is 12.4. The average molecular weight is 435 g/mol. The fraction of sp³-hybridized carbons (Fsp3) is 0.333. The van der Waals surface area contributed by atoms with Crippen molar-refractivity contribution in [3.63, 3.8) is 0 Å². The third-order valence-corrected chi connectivity index (χ3v) is 7.15. The Kier molecular flexibility index (Phi) is 5.38. The molecule has 1 fully saturated rings. The first kappa shape index (κ1) is 20.0. The van der Waals surface area contributed by atoms with Crippen LogP contribution in [-0.4, -0.2) is 54.3 Å². The summed E-state index contributed by atoms with van der Waals surface area (Å²) in [7, 11) is 3.50. The monoisotopic (exact) mass is 434 g/mol. The summed E-state index contributed by atoms with van der Waals surface area (Å²) in [5, 5.41) is 4.48. The van der Waals surface area contributed by atoms with Crippen molar-refractivity contribution in [2.24, 2.45) is 7.05 Å². The second-order valence-corrected chi connectivity index (χ2v) is 8.94. The zero-order valence-electron chi connectivity index (χ0n) is 17.9. The van der Waals surface area contributed by atoms with Crippen molar-refractivity contribution in [2.45, 2.75) is 6.42 Å². The van der Waals surface area contributed by atoms with Gasteiger partial charge >= 0.3 is 0 Å². The summed E-state index contributed by atoms with van der Waals surface area (Å²) >= 11 is 1.76. The van der Waals surface area contributed by atoms with E-state index in [0.717, 1.165) is 67.2 Å². The van der Waals surface area contributed by atoms with Gasteiger partial charge in [0.25, 0.3) is 5.56 Å². The molecule has 4 aromatic rings. The number of thiophene rings is 1. The number of anilines is 1. The standard InChI is InChI=1S/C24H26N4O2S/c1-26-21-4-3-18(30-2)16-20(21)17(15-23(26)29)6-9-27-10-12-28(13-11-27)24-19-7-14-31-22(19)5-8-25-24/h3-5,7-8,14-16H,6,9-13H2,1-2H3. The van der Waals surface area contributed by atoms with Gasteiger partial charge in [0.05, 0.1) is 12.6 Å². The Balaban J connectivity index is 1.29. The average Bonchev–Trinajstić information content (AvgIpc) is 3.29. The van der Waals surface area contributed by atoms with Gasteiger partial charge in [-0.1, -0.05) is 0 Å². The Labute approximate surface area is 185 Å². The number of hydrogen-bond donors (Lipinski definition) is 0. The molecule has 0 unspecified atom stereocenters. The van der Waals surface area contributed by atoms with Gasteiger partial charge < -0.3 is 14.2 Å². The molecule has 6 nitrogen and oxygen atoms in total. The molecule has 0 spiro atoms. The highest BCUT2D eigenvalue weighted by Crippen LogP contribution is 2.29. The second kappa shape index (κ2) is 8.32. The van der Waals surface area contributed by atoms with Gasteiger partial charge in [0.2, 0.25) is 0 Å². The second-order valence-electron chi connectivity index (χ2n) is 8.00. The van der Waals surface area contributed by atoms with E-state index in [-0.39, 0.29) is 5.56 Å². The molecular formula is C24H26N4O2S. The van der Waals surface area contributed by atoms with Crippen molar-refractivity contribution < 1.29 is 4.74 Å². The summed E-state index contributed by atoms with van der Waals surface area (Å²) in [6.45, 7) is 4.85. The summed E-state index contributed by atoms with van der Waals surface area (Å²) in [4.78, 5) is 22.0. The predicted molar refractivity (Wildman–Crippen MR) is 128 cm³/mol. The molecule has 0 N–H and O–H groups in total. The first-order valence-corrected chi connectivity index (χ1v) is 11.5. The van der Waals surface area contributed by atoms with Crippen LogP contribution in [0.4, 0.5) is 5.82 Å². The largest absolute Gasteiger partial charge is 0.497 e. The lowest BCUT2D eigenvalue weighted by atomic mass is 10.0. The number of aryl methyl sites for hydroxylation is 1. The van der Waals surface area contributed by atoms with Gasteiger partial charge in [-0.2, -0.15) is 0 Å². The van der Waals surface area contributed by atoms with Crippen LogP contribution in [-0.2, 0) is 13.5 Å². The number of rotatable bonds is 5. The first-order chi connectivity index (χ1) is 15.1. The number of benzene rings is 1. The number of hydrogen-bond acceptors (Lipinski definition) is 6. The lowest BCUT2D eigenvalue weighted by Gasteiger charge is -2.35. The van der Waals surface area contributed by atoms with Crippen molar-refractivity contribution in [3.05, 3.63) is 63.9 Å². The molecular weight excluding hydrogens is 408 g/mol. The zero-order valence-corrected chi connectivity index (χ0v) is 18.7. The zero-order chi connectivity index (χ0) is 21.4. The van der Waals surface area contributed by atoms with Crippen LogP contribution in [0.25, 0.3) is 21.0 Å². The molecule has 1 aliphatic rings. The molecule has 0 saturated carbocycles. The molecule has 31 heavy (non-hydrogen) atoms. The molecule has 3 aromatic heterocycles. The van der Waals surface area contributed by atoms with Crippen LogP contribution < -0.4 is 15.2 Å². The molecule has 4 heterocycles. The van der Waals surface area contributed by atoms with E-state index in [0.29, 0.717) is 0 Å². The van der Waals surface area contributed by atoms with Gasteiger partial charge in [-0.25, -0.2) is 4.98 Å². The van der Waals surface area contributed by atoms with Crippen molar-refractivity contribution in [1.82, 2.24) is 14.5 Å². The van der Waals surface area contributed by atoms with Gasteiger partial charge in [-0.15, -0.1) is 11.3 Å². The normalized spacial score (nSPS) is 15.1. The Morgan fingerprint density at radius 2 is 1.90 bits per heavy atom. The number of nitrogens with zero attached hydrogens (tertiary/aromatic N) is 4. The molecule has 160 valence electrons. The van der Waals surface area contributed by atoms with Crippen LogP contribution in [0.1, 0.15) is 5.56 Å². The van der Waals surface area contributed by atoms with Gasteiger partial charge in [0.1, 0.15) is 11.6 Å². The molecule has 1 aromatic carbocycles. The SMILES string of the molecule is COc1ccc2c(c1)c(CCN1CCN(c3nccc4sccc34)CC1)cc(=O)n2C. The van der Waals surface area contributed by atoms with Gasteiger partial charge in [-0.3, -0.25) is 9.69 Å². The summed E-state index contributed by atoms with van der Waals surface area (Å²) in [5.74, 6) is 1.92. The highest BCUT2D eigenvalue weighted by atomic mass is 32.1. The quantitative estimate of drug-likeness (QED) is 0.481. The molecule has 1 aliphatic heterocycles. The third kappa shape index (κ3) is 3.79. The van der Waals surface area contributed by atoms with Crippen LogP contribution in [0.5, 0.6) is 5.75 Å². The van der Waals surface area contributed by atoms with E-state index in [4.69, 9.17) is 4.74 Å². The van der Waals surface area contributed by atoms with Crippen molar-refractivity contribution in [1.29, 1.82) is 0 Å². The molecule has 0 aliphatic carbocycles. The Bertz CT molecular complexity index is 1290. The van der Waals surface area contributed by atoms with Crippen molar-refractivity contribution in [2.75, 3.05) is 44.7 Å². The fourth-order valence-corrected chi connectivity index (χ4v) is 5.21. The molecule has 0 amide bonds. The third-order valence-electron chi connectivity index (χ3n) is 6.27. The summed E-state index contributed by atoms with van der Waals surface area (Å²) < 4.78 is 8.41. The number of ether oxygens (including phenoxy) is 1. The van der Waals surface area contributed by atoms with Gasteiger partial charge in [0, 0.05) is 67.5 Å². The molecule has 1 saturated heterocycles. The highest BCUT2D eigenvalue weighted by Gasteiger charge is 2.20. The maximum absolute atomic E-state index is 12.4. The van der Waals surface area contributed by atoms with Crippen LogP contribution in [0.15, 0.2) is 52.8 Å². The molecule has 0 bridgehead atoms. The lowest BCUT2D eigenvalue weighted by molar-refractivity contribution is 0.261. The summed E-state index contributed by atoms with van der Waals surface area (Å²) in [6, 6.07) is 11.9. The lowest BCUT2D eigenvalue weighted by Crippen LogP contribution is -2.47. The number of aromatic nitrogens is 2. The highest BCUT2D eigenvalue weighted by molar-refractivity contribution is 7.17. The topological polar surface area (TPSA) is 50.6 Å². The van der Waals surface area contributed by atoms with E-state index in [1.54, 1.807) is 29.1 Å². The van der Waals surface area contributed by atoms with Gasteiger partial charge in [-0.05, 0) is 47.7 Å². The Morgan fingerprint density at radius 1 is 1.06 bits per heavy atom. The number of pyridine rings is 2. The van der Waals surface area contributed by atoms with E-state index in [9.17, 15) is 4.79 Å². The van der Waals surface area contributed by atoms with Crippen LogP contribution in [0.2, 0.25) is 0 Å². The Morgan fingerprint density at radius 3 is 2.71 bits per heavy atom. The van der Waals surface area contributed by atoms with E-state index in [1.807, 2.05) is 31.4 Å². The van der Waals surface area contributed by atoms with Crippen LogP contribution >= 0.6 is 11.3 Å². The van der Waals surface area contributed by atoms with Crippen LogP contribution in [0, 0.1) is 0 Å². The fourth-order valence-electron chi connectivity index (χ4n) is 4.43.